The molecular weight excluding hydrogens is 384 g/mol. The molecule has 0 saturated carbocycles. The van der Waals surface area contributed by atoms with Gasteiger partial charge in [-0.05, 0) is 56.4 Å². The summed E-state index contributed by atoms with van der Waals surface area (Å²) in [6, 6.07) is 6.88. The van der Waals surface area contributed by atoms with Gasteiger partial charge in [0.25, 0.3) is 11.8 Å². The first-order chi connectivity index (χ1) is 13.0. The van der Waals surface area contributed by atoms with E-state index in [9.17, 15) is 9.59 Å². The number of thiophene rings is 1. The molecule has 1 heterocycles. The number of anilines is 1. The smallest absolute Gasteiger partial charge is 0.265 e. The molecule has 3 rings (SSSR count). The van der Waals surface area contributed by atoms with E-state index < -0.39 is 12.0 Å². The van der Waals surface area contributed by atoms with Gasteiger partial charge in [-0.2, -0.15) is 0 Å². The number of carbonyl (C=O) groups is 2. The van der Waals surface area contributed by atoms with Crippen molar-refractivity contribution in [2.45, 2.75) is 51.6 Å². The molecular formula is C20H23ClN2O3S. The molecule has 1 aromatic heterocycles. The van der Waals surface area contributed by atoms with Gasteiger partial charge in [0.1, 0.15) is 10.8 Å². The second-order valence-electron chi connectivity index (χ2n) is 6.69. The van der Waals surface area contributed by atoms with Gasteiger partial charge in [-0.25, -0.2) is 0 Å². The molecule has 0 bridgehead atoms. The largest absolute Gasteiger partial charge is 0.481 e. The number of primary amides is 1. The average molecular weight is 407 g/mol. The number of fused-ring (bicyclic) bond motifs is 1. The average Bonchev–Trinajstić information content (AvgIpc) is 2.91. The van der Waals surface area contributed by atoms with E-state index in [4.69, 9.17) is 22.1 Å². The fourth-order valence-corrected chi connectivity index (χ4v) is 4.76. The zero-order chi connectivity index (χ0) is 19.4. The Morgan fingerprint density at radius 1 is 1.22 bits per heavy atom. The van der Waals surface area contributed by atoms with Crippen LogP contribution in [0.15, 0.2) is 24.3 Å². The van der Waals surface area contributed by atoms with Gasteiger partial charge in [0.2, 0.25) is 0 Å². The van der Waals surface area contributed by atoms with E-state index in [1.807, 2.05) is 0 Å². The van der Waals surface area contributed by atoms with Gasteiger partial charge in [-0.15, -0.1) is 11.3 Å². The van der Waals surface area contributed by atoms with Crippen LogP contribution < -0.4 is 15.8 Å². The Balaban J connectivity index is 1.78. The molecule has 27 heavy (non-hydrogen) atoms. The Kier molecular flexibility index (Phi) is 6.39. The summed E-state index contributed by atoms with van der Waals surface area (Å²) in [5.41, 5.74) is 7.10. The highest BCUT2D eigenvalue weighted by Crippen LogP contribution is 2.37. The summed E-state index contributed by atoms with van der Waals surface area (Å²) < 4.78 is 5.66. The van der Waals surface area contributed by atoms with Crippen LogP contribution >= 0.6 is 22.9 Å². The lowest BCUT2D eigenvalue weighted by Crippen LogP contribution is -2.30. The van der Waals surface area contributed by atoms with Gasteiger partial charge < -0.3 is 15.8 Å². The zero-order valence-electron chi connectivity index (χ0n) is 15.2. The van der Waals surface area contributed by atoms with Gasteiger partial charge in [-0.3, -0.25) is 9.59 Å². The van der Waals surface area contributed by atoms with Crippen molar-refractivity contribution in [1.82, 2.24) is 0 Å². The second kappa shape index (κ2) is 8.76. The lowest BCUT2D eigenvalue weighted by Gasteiger charge is -2.15. The summed E-state index contributed by atoms with van der Waals surface area (Å²) in [6.07, 6.45) is 5.47. The number of aryl methyl sites for hydroxylation is 1. The number of hydrogen-bond acceptors (Lipinski definition) is 4. The van der Waals surface area contributed by atoms with Crippen LogP contribution in [-0.4, -0.2) is 17.9 Å². The summed E-state index contributed by atoms with van der Waals surface area (Å²) in [4.78, 5) is 25.8. The van der Waals surface area contributed by atoms with Crippen molar-refractivity contribution in [1.29, 1.82) is 0 Å². The van der Waals surface area contributed by atoms with Crippen molar-refractivity contribution in [2.75, 3.05) is 5.32 Å². The highest BCUT2D eigenvalue weighted by molar-refractivity contribution is 7.17. The number of carbonyl (C=O) groups excluding carboxylic acids is 2. The Hall–Kier alpha value is -2.05. The third kappa shape index (κ3) is 4.82. The highest BCUT2D eigenvalue weighted by atomic mass is 35.5. The summed E-state index contributed by atoms with van der Waals surface area (Å²) in [6.45, 7) is 1.66. The Labute approximate surface area is 167 Å². The molecule has 0 radical (unpaired) electrons. The molecule has 5 nitrogen and oxygen atoms in total. The summed E-state index contributed by atoms with van der Waals surface area (Å²) in [5, 5.41) is 3.91. The van der Waals surface area contributed by atoms with E-state index in [0.29, 0.717) is 21.3 Å². The normalized spacial score (nSPS) is 15.2. The maximum Gasteiger partial charge on any atom is 0.265 e. The molecule has 1 aromatic carbocycles. The molecule has 1 unspecified atom stereocenters. The molecule has 2 aromatic rings. The monoisotopic (exact) mass is 406 g/mol. The minimum absolute atomic E-state index is 0.327. The van der Waals surface area contributed by atoms with E-state index >= 15 is 0 Å². The van der Waals surface area contributed by atoms with Crippen LogP contribution in [0.25, 0.3) is 0 Å². The minimum Gasteiger partial charge on any atom is -0.481 e. The topological polar surface area (TPSA) is 81.4 Å². The van der Waals surface area contributed by atoms with Gasteiger partial charge in [-0.1, -0.05) is 30.5 Å². The number of nitrogens with two attached hydrogens (primary N) is 1. The quantitative estimate of drug-likeness (QED) is 0.763. The molecule has 2 amide bonds. The van der Waals surface area contributed by atoms with Gasteiger partial charge in [0, 0.05) is 9.90 Å². The summed E-state index contributed by atoms with van der Waals surface area (Å²) in [7, 11) is 0. The molecule has 0 aliphatic heterocycles. The van der Waals surface area contributed by atoms with Crippen LogP contribution in [0.2, 0.25) is 5.02 Å². The predicted molar refractivity (Wildman–Crippen MR) is 109 cm³/mol. The highest BCUT2D eigenvalue weighted by Gasteiger charge is 2.25. The van der Waals surface area contributed by atoms with Crippen LogP contribution in [-0.2, 0) is 17.6 Å². The van der Waals surface area contributed by atoms with Gasteiger partial charge in [0.05, 0.1) is 5.56 Å². The first-order valence-electron chi connectivity index (χ1n) is 9.13. The number of hydrogen-bond donors (Lipinski definition) is 2. The van der Waals surface area contributed by atoms with Crippen LogP contribution in [0.3, 0.4) is 0 Å². The fourth-order valence-electron chi connectivity index (χ4n) is 3.28. The Bertz CT molecular complexity index is 850. The summed E-state index contributed by atoms with van der Waals surface area (Å²) >= 11 is 7.41. The molecule has 1 aliphatic carbocycles. The third-order valence-corrected chi connectivity index (χ3v) is 6.07. The van der Waals surface area contributed by atoms with Crippen molar-refractivity contribution in [3.8, 4) is 5.75 Å². The number of ether oxygens (including phenoxy) is 1. The molecule has 7 heteroatoms. The Morgan fingerprint density at radius 3 is 2.67 bits per heavy atom. The predicted octanol–water partition coefficient (Wildman–Crippen LogP) is 4.57. The van der Waals surface area contributed by atoms with Gasteiger partial charge >= 0.3 is 0 Å². The molecule has 0 spiro atoms. The van der Waals surface area contributed by atoms with Crippen molar-refractivity contribution < 1.29 is 14.3 Å². The van der Waals surface area contributed by atoms with Crippen molar-refractivity contribution in [3.05, 3.63) is 45.3 Å². The molecule has 1 atom stereocenters. The van der Waals surface area contributed by atoms with Crippen LogP contribution in [0, 0.1) is 0 Å². The van der Waals surface area contributed by atoms with Crippen molar-refractivity contribution >= 4 is 39.8 Å². The number of nitrogens with one attached hydrogen (secondary N) is 1. The molecule has 3 N–H and O–H groups in total. The molecule has 0 saturated heterocycles. The lowest BCUT2D eigenvalue weighted by molar-refractivity contribution is -0.122. The van der Waals surface area contributed by atoms with Crippen molar-refractivity contribution in [2.24, 2.45) is 5.73 Å². The van der Waals surface area contributed by atoms with Crippen LogP contribution in [0.5, 0.6) is 5.75 Å². The standard InChI is InChI=1S/C20H23ClN2O3S/c1-12(26-14-8-6-7-13(21)11-14)19(25)23-20-17(18(22)24)15-9-4-2-3-5-10-16(15)27-20/h6-8,11-12H,2-5,9-10H2,1H3,(H2,22,24)(H,23,25). The van der Waals surface area contributed by atoms with E-state index in [0.717, 1.165) is 42.5 Å². The second-order valence-corrected chi connectivity index (χ2v) is 8.23. The minimum atomic E-state index is -0.742. The first-order valence-corrected chi connectivity index (χ1v) is 10.3. The number of benzene rings is 1. The molecule has 144 valence electrons. The summed E-state index contributed by atoms with van der Waals surface area (Å²) in [5.74, 6) is -0.308. The van der Waals surface area contributed by atoms with E-state index in [2.05, 4.69) is 5.32 Å². The molecule has 1 aliphatic rings. The van der Waals surface area contributed by atoms with E-state index in [-0.39, 0.29) is 5.91 Å². The van der Waals surface area contributed by atoms with Crippen LogP contribution in [0.1, 0.15) is 53.4 Å². The van der Waals surface area contributed by atoms with E-state index in [1.54, 1.807) is 31.2 Å². The third-order valence-electron chi connectivity index (χ3n) is 4.63. The maximum absolute atomic E-state index is 12.6. The number of amides is 2. The first kappa shape index (κ1) is 19.7. The van der Waals surface area contributed by atoms with Crippen molar-refractivity contribution in [3.63, 3.8) is 0 Å². The lowest BCUT2D eigenvalue weighted by atomic mass is 9.96. The SMILES string of the molecule is CC(Oc1cccc(Cl)c1)C(=O)Nc1sc2c(c1C(N)=O)CCCCCC2. The number of halogens is 1. The number of rotatable bonds is 5. The maximum atomic E-state index is 12.6. The Morgan fingerprint density at radius 2 is 1.96 bits per heavy atom. The fraction of sp³-hybridized carbons (Fsp3) is 0.400. The van der Waals surface area contributed by atoms with E-state index in [1.165, 1.54) is 17.8 Å². The van der Waals surface area contributed by atoms with Gasteiger partial charge in [0.15, 0.2) is 6.10 Å². The van der Waals surface area contributed by atoms with Crippen LogP contribution in [0.4, 0.5) is 5.00 Å². The molecule has 0 fully saturated rings. The zero-order valence-corrected chi connectivity index (χ0v) is 16.8.